The molecule has 2 aliphatic rings. The van der Waals surface area contributed by atoms with Crippen molar-refractivity contribution >= 4 is 31.1 Å². The van der Waals surface area contributed by atoms with Crippen LogP contribution in [0, 0.1) is 12.8 Å². The first-order chi connectivity index (χ1) is 19.4. The van der Waals surface area contributed by atoms with E-state index < -0.39 is 13.9 Å². The summed E-state index contributed by atoms with van der Waals surface area (Å²) in [5.41, 5.74) is 3.33. The maximum absolute atomic E-state index is 13.9. The molecule has 216 valence electrons. The van der Waals surface area contributed by atoms with Crippen LogP contribution in [-0.4, -0.2) is 43.8 Å². The Morgan fingerprint density at radius 2 is 1.54 bits per heavy atom. The number of benzene rings is 3. The first kappa shape index (κ1) is 29.3. The Labute approximate surface area is 246 Å². The number of rotatable bonds is 6. The van der Waals surface area contributed by atoms with Crippen molar-refractivity contribution in [1.29, 1.82) is 0 Å². The zero-order valence-electron chi connectivity index (χ0n) is 25.4. The van der Waals surface area contributed by atoms with Crippen molar-refractivity contribution < 1.29 is 18.8 Å². The lowest BCUT2D eigenvalue weighted by molar-refractivity contribution is 0.00876. The van der Waals surface area contributed by atoms with E-state index in [1.54, 1.807) is 0 Å². The molecule has 0 N–H and O–H groups in total. The summed E-state index contributed by atoms with van der Waals surface area (Å²) in [6, 6.07) is 25.1. The largest absolute Gasteiger partial charge is 0.444 e. The van der Waals surface area contributed by atoms with E-state index in [-0.39, 0.29) is 29.1 Å². The Morgan fingerprint density at radius 3 is 2.05 bits per heavy atom. The fourth-order valence-corrected chi connectivity index (χ4v) is 11.6. The maximum Gasteiger partial charge on any atom is 0.411 e. The lowest BCUT2D eigenvalue weighted by Crippen LogP contribution is -2.67. The molecule has 41 heavy (non-hydrogen) atoms. The number of aryl methyl sites for hydroxylation is 1. The number of carbonyl (C=O) groups is 2. The number of hydrogen-bond acceptors (Lipinski definition) is 4. The number of ether oxygens (including phenoxy) is 1. The van der Waals surface area contributed by atoms with Gasteiger partial charge in [0.1, 0.15) is 11.9 Å². The number of hydrogen-bond donors (Lipinski definition) is 0. The Hall–Kier alpha value is -3.22. The number of aldehydes is 1. The van der Waals surface area contributed by atoms with Gasteiger partial charge in [-0.3, -0.25) is 9.69 Å². The van der Waals surface area contributed by atoms with Crippen LogP contribution in [0.5, 0.6) is 0 Å². The predicted molar refractivity (Wildman–Crippen MR) is 167 cm³/mol. The highest BCUT2D eigenvalue weighted by Crippen LogP contribution is 2.50. The summed E-state index contributed by atoms with van der Waals surface area (Å²) in [6.07, 6.45) is 2.31. The zero-order valence-corrected chi connectivity index (χ0v) is 26.4. The molecule has 0 bridgehead atoms. The van der Waals surface area contributed by atoms with Crippen molar-refractivity contribution in [3.63, 3.8) is 0 Å². The lowest BCUT2D eigenvalue weighted by atomic mass is 9.99. The standard InChI is InChI=1S/C35H43NO4Si/c1-24-18-25-19-26-20-28(36(33(38)40-34(2,3)4)32(26)31(25)21-27(24)22-37)23-39-41(35(5,6)7,29-14-10-8-11-15-29)30-16-12-9-13-17-30/h8-18,21-22,26,28,32H,19-20,23H2,1-7H3/t26-,28+,32+/m1/s1. The van der Waals surface area contributed by atoms with Crippen molar-refractivity contribution in [2.75, 3.05) is 6.61 Å². The van der Waals surface area contributed by atoms with Gasteiger partial charge in [0.25, 0.3) is 8.32 Å². The second kappa shape index (κ2) is 10.9. The van der Waals surface area contributed by atoms with E-state index in [2.05, 4.69) is 75.4 Å². The van der Waals surface area contributed by atoms with E-state index in [0.717, 1.165) is 30.3 Å². The van der Waals surface area contributed by atoms with Gasteiger partial charge in [0, 0.05) is 5.56 Å². The topological polar surface area (TPSA) is 55.8 Å². The predicted octanol–water partition coefficient (Wildman–Crippen LogP) is 6.61. The molecule has 3 aromatic carbocycles. The molecule has 3 atom stereocenters. The monoisotopic (exact) mass is 569 g/mol. The zero-order chi connectivity index (χ0) is 29.6. The molecule has 1 aliphatic carbocycles. The molecule has 1 heterocycles. The van der Waals surface area contributed by atoms with E-state index in [4.69, 9.17) is 9.16 Å². The van der Waals surface area contributed by atoms with Gasteiger partial charge < -0.3 is 9.16 Å². The van der Waals surface area contributed by atoms with Crippen LogP contribution in [0.4, 0.5) is 4.79 Å². The molecular weight excluding hydrogens is 526 g/mol. The summed E-state index contributed by atoms with van der Waals surface area (Å²) < 4.78 is 13.3. The third kappa shape index (κ3) is 5.40. The quantitative estimate of drug-likeness (QED) is 0.248. The summed E-state index contributed by atoms with van der Waals surface area (Å²) in [5.74, 6) is 0.256. The molecule has 0 radical (unpaired) electrons. The Bertz CT molecular complexity index is 1370. The third-order valence-electron chi connectivity index (χ3n) is 8.68. The van der Waals surface area contributed by atoms with Crippen LogP contribution < -0.4 is 10.4 Å². The molecule has 0 unspecified atom stereocenters. The van der Waals surface area contributed by atoms with E-state index in [0.29, 0.717) is 12.2 Å². The Balaban J connectivity index is 1.56. The van der Waals surface area contributed by atoms with Crippen molar-refractivity contribution in [3.8, 4) is 0 Å². The molecular formula is C35H43NO4Si. The second-order valence-corrected chi connectivity index (χ2v) is 18.0. The van der Waals surface area contributed by atoms with E-state index in [1.165, 1.54) is 15.9 Å². The maximum atomic E-state index is 13.9. The second-order valence-electron chi connectivity index (χ2n) is 13.7. The third-order valence-corrected chi connectivity index (χ3v) is 13.7. The summed E-state index contributed by atoms with van der Waals surface area (Å²) in [7, 11) is -2.78. The van der Waals surface area contributed by atoms with E-state index in [9.17, 15) is 9.59 Å². The summed E-state index contributed by atoms with van der Waals surface area (Å²) in [4.78, 5) is 27.7. The van der Waals surface area contributed by atoms with E-state index in [1.807, 2.05) is 50.8 Å². The molecule has 0 aromatic heterocycles. The molecule has 0 spiro atoms. The van der Waals surface area contributed by atoms with Crippen LogP contribution in [-0.2, 0) is 15.6 Å². The normalized spacial score (nSPS) is 20.5. The fourth-order valence-electron chi connectivity index (χ4n) is 7.02. The van der Waals surface area contributed by atoms with Crippen LogP contribution in [0.3, 0.4) is 0 Å². The summed E-state index contributed by atoms with van der Waals surface area (Å²) in [6.45, 7) is 14.9. The smallest absolute Gasteiger partial charge is 0.411 e. The van der Waals surface area contributed by atoms with Crippen LogP contribution >= 0.6 is 0 Å². The molecule has 3 aromatic rings. The van der Waals surface area contributed by atoms with Gasteiger partial charge in [-0.15, -0.1) is 0 Å². The molecule has 6 heteroatoms. The molecule has 5 rings (SSSR count). The Kier molecular flexibility index (Phi) is 7.77. The van der Waals surface area contributed by atoms with Crippen LogP contribution in [0.15, 0.2) is 72.8 Å². The van der Waals surface area contributed by atoms with Gasteiger partial charge in [-0.2, -0.15) is 0 Å². The molecule has 5 nitrogen and oxygen atoms in total. The average Bonchev–Trinajstić information content (AvgIpc) is 3.43. The highest BCUT2D eigenvalue weighted by atomic mass is 28.4. The molecule has 0 saturated carbocycles. The number of likely N-dealkylation sites (tertiary alicyclic amines) is 1. The van der Waals surface area contributed by atoms with Gasteiger partial charge in [-0.05, 0) is 84.6 Å². The number of carbonyl (C=O) groups excluding carboxylic acids is 2. The van der Waals surface area contributed by atoms with Crippen molar-refractivity contribution in [1.82, 2.24) is 4.90 Å². The van der Waals surface area contributed by atoms with Gasteiger partial charge in [0.05, 0.1) is 18.7 Å². The van der Waals surface area contributed by atoms with Crippen molar-refractivity contribution in [2.45, 2.75) is 84.0 Å². The SMILES string of the molecule is Cc1cc2c(cc1C=O)[C@@H]1[C@H](C2)C[C@@H](CO[Si](c2ccccc2)(c2ccccc2)C(C)(C)C)N1C(=O)OC(C)(C)C. The minimum absolute atomic E-state index is 0.132. The molecule has 1 saturated heterocycles. The van der Waals surface area contributed by atoms with Crippen molar-refractivity contribution in [2.24, 2.45) is 5.92 Å². The minimum Gasteiger partial charge on any atom is -0.444 e. The van der Waals surface area contributed by atoms with Crippen LogP contribution in [0.1, 0.15) is 81.1 Å². The first-order valence-corrected chi connectivity index (χ1v) is 16.6. The fraction of sp³-hybridized carbons (Fsp3) is 0.429. The van der Waals surface area contributed by atoms with Gasteiger partial charge in [0.15, 0.2) is 0 Å². The average molecular weight is 570 g/mol. The highest BCUT2D eigenvalue weighted by molar-refractivity contribution is 6.99. The van der Waals surface area contributed by atoms with Crippen molar-refractivity contribution in [3.05, 3.63) is 95.1 Å². The minimum atomic E-state index is -2.78. The van der Waals surface area contributed by atoms with Gasteiger partial charge in [0.2, 0.25) is 0 Å². The molecule has 1 amide bonds. The Morgan fingerprint density at radius 1 is 0.951 bits per heavy atom. The number of nitrogens with zero attached hydrogens (tertiary/aromatic N) is 1. The molecule has 1 aliphatic heterocycles. The lowest BCUT2D eigenvalue weighted by Gasteiger charge is -2.44. The summed E-state index contributed by atoms with van der Waals surface area (Å²) >= 11 is 0. The van der Waals surface area contributed by atoms with Crippen LogP contribution in [0.2, 0.25) is 5.04 Å². The van der Waals surface area contributed by atoms with E-state index >= 15 is 0 Å². The van der Waals surface area contributed by atoms with Crippen LogP contribution in [0.25, 0.3) is 0 Å². The van der Waals surface area contributed by atoms with Gasteiger partial charge in [-0.1, -0.05) is 87.5 Å². The van der Waals surface area contributed by atoms with Gasteiger partial charge in [-0.25, -0.2) is 4.79 Å². The number of amides is 1. The highest BCUT2D eigenvalue weighted by Gasteiger charge is 2.54. The first-order valence-electron chi connectivity index (χ1n) is 14.7. The summed E-state index contributed by atoms with van der Waals surface area (Å²) in [5, 5.41) is 2.28. The van der Waals surface area contributed by atoms with Gasteiger partial charge >= 0.3 is 6.09 Å². The molecule has 1 fully saturated rings. The number of fused-ring (bicyclic) bond motifs is 3.